The van der Waals surface area contributed by atoms with Crippen molar-refractivity contribution in [2.75, 3.05) is 19.7 Å². The monoisotopic (exact) mass is 291 g/mol. The first-order valence-electron chi connectivity index (χ1n) is 7.03. The summed E-state index contributed by atoms with van der Waals surface area (Å²) < 4.78 is 10.4. The van der Waals surface area contributed by atoms with Gasteiger partial charge in [0.2, 0.25) is 11.7 Å². The maximum atomic E-state index is 11.8. The minimum absolute atomic E-state index is 0.0411. The molecule has 1 amide bonds. The molecule has 1 saturated heterocycles. The van der Waals surface area contributed by atoms with Crippen LogP contribution in [0, 0.1) is 0 Å². The van der Waals surface area contributed by atoms with E-state index in [0.717, 1.165) is 12.8 Å². The van der Waals surface area contributed by atoms with E-state index in [-0.39, 0.29) is 12.0 Å². The number of nitrogens with one attached hydrogen (secondary N) is 1. The molecule has 0 aromatic carbocycles. The number of hydrogen-bond donors (Lipinski definition) is 1. The van der Waals surface area contributed by atoms with Crippen LogP contribution < -0.4 is 0 Å². The van der Waals surface area contributed by atoms with Crippen LogP contribution in [0.15, 0.2) is 16.9 Å². The first-order valence-corrected chi connectivity index (χ1v) is 7.03. The Hall–Kier alpha value is -2.38. The third-order valence-electron chi connectivity index (χ3n) is 3.45. The molecule has 0 bridgehead atoms. The molecular formula is C13H17N5O3. The van der Waals surface area contributed by atoms with Crippen molar-refractivity contribution >= 4 is 6.09 Å². The van der Waals surface area contributed by atoms with Gasteiger partial charge in [-0.2, -0.15) is 4.98 Å². The van der Waals surface area contributed by atoms with Crippen molar-refractivity contribution < 1.29 is 14.1 Å². The second kappa shape index (κ2) is 5.94. The summed E-state index contributed by atoms with van der Waals surface area (Å²) in [6, 6.07) is 0. The molecule has 8 nitrogen and oxygen atoms in total. The number of aromatic nitrogens is 4. The molecular weight excluding hydrogens is 274 g/mol. The number of rotatable bonds is 3. The van der Waals surface area contributed by atoms with Crippen LogP contribution in [0.3, 0.4) is 0 Å². The zero-order valence-electron chi connectivity index (χ0n) is 11.8. The number of likely N-dealkylation sites (tertiary alicyclic amines) is 1. The van der Waals surface area contributed by atoms with Gasteiger partial charge in [0.25, 0.3) is 0 Å². The number of nitrogens with zero attached hydrogens (tertiary/aromatic N) is 4. The van der Waals surface area contributed by atoms with Crippen molar-refractivity contribution in [3.05, 3.63) is 18.3 Å². The lowest BCUT2D eigenvalue weighted by Crippen LogP contribution is -2.39. The van der Waals surface area contributed by atoms with Gasteiger partial charge in [-0.15, -0.1) is 0 Å². The van der Waals surface area contributed by atoms with Gasteiger partial charge in [0, 0.05) is 25.5 Å². The number of hydrogen-bond acceptors (Lipinski definition) is 6. The van der Waals surface area contributed by atoms with Gasteiger partial charge < -0.3 is 19.1 Å². The number of H-pyrrole nitrogens is 1. The molecule has 1 aliphatic heterocycles. The molecule has 0 saturated carbocycles. The van der Waals surface area contributed by atoms with Gasteiger partial charge in [0.1, 0.15) is 0 Å². The molecule has 3 heterocycles. The van der Waals surface area contributed by atoms with Crippen LogP contribution in [0.1, 0.15) is 31.6 Å². The van der Waals surface area contributed by atoms with Crippen molar-refractivity contribution in [1.82, 2.24) is 25.0 Å². The quantitative estimate of drug-likeness (QED) is 0.926. The van der Waals surface area contributed by atoms with Crippen LogP contribution in [-0.2, 0) is 4.74 Å². The Balaban J connectivity index is 1.70. The van der Waals surface area contributed by atoms with E-state index in [2.05, 4.69) is 20.1 Å². The minimum Gasteiger partial charge on any atom is -0.450 e. The highest BCUT2D eigenvalue weighted by molar-refractivity contribution is 5.67. The Morgan fingerprint density at radius 1 is 1.62 bits per heavy atom. The molecule has 1 N–H and O–H groups in total. The lowest BCUT2D eigenvalue weighted by Gasteiger charge is -2.29. The van der Waals surface area contributed by atoms with Crippen LogP contribution in [0.2, 0.25) is 0 Å². The van der Waals surface area contributed by atoms with Gasteiger partial charge >= 0.3 is 6.09 Å². The molecule has 8 heteroatoms. The molecule has 1 atom stereocenters. The highest BCUT2D eigenvalue weighted by atomic mass is 16.6. The number of carbonyl (C=O) groups excluding carboxylic acids is 1. The lowest BCUT2D eigenvalue weighted by molar-refractivity contribution is 0.0930. The first-order chi connectivity index (χ1) is 10.3. The summed E-state index contributed by atoms with van der Waals surface area (Å²) in [5, 5.41) is 3.93. The Kier molecular flexibility index (Phi) is 3.85. The molecule has 0 aliphatic carbocycles. The number of amides is 1. The average molecular weight is 291 g/mol. The van der Waals surface area contributed by atoms with E-state index in [0.29, 0.717) is 37.2 Å². The van der Waals surface area contributed by atoms with E-state index in [1.807, 2.05) is 0 Å². The van der Waals surface area contributed by atoms with E-state index in [1.54, 1.807) is 24.2 Å². The standard InChI is InChI=1S/C13H17N5O3/c1-2-20-13(19)18-7-3-4-9(8-18)12-16-11(17-21-12)10-14-5-6-15-10/h5-6,9H,2-4,7-8H2,1H3,(H,14,15)/t9-/m1/s1. The highest BCUT2D eigenvalue weighted by Crippen LogP contribution is 2.27. The number of piperidine rings is 1. The van der Waals surface area contributed by atoms with Gasteiger partial charge in [0.05, 0.1) is 12.5 Å². The zero-order chi connectivity index (χ0) is 14.7. The van der Waals surface area contributed by atoms with Crippen molar-refractivity contribution in [2.45, 2.75) is 25.7 Å². The van der Waals surface area contributed by atoms with Gasteiger partial charge in [-0.25, -0.2) is 9.78 Å². The number of imidazole rings is 1. The highest BCUT2D eigenvalue weighted by Gasteiger charge is 2.29. The normalized spacial score (nSPS) is 18.7. The van der Waals surface area contributed by atoms with Crippen LogP contribution in [0.25, 0.3) is 11.6 Å². The van der Waals surface area contributed by atoms with E-state index >= 15 is 0 Å². The molecule has 0 spiro atoms. The predicted octanol–water partition coefficient (Wildman–Crippen LogP) is 1.80. The SMILES string of the molecule is CCOC(=O)N1CCC[C@@H](c2nc(-c3ncc[nH]3)no2)C1. The molecule has 1 aliphatic rings. The molecule has 0 unspecified atom stereocenters. The molecule has 1 fully saturated rings. The number of aromatic amines is 1. The summed E-state index contributed by atoms with van der Waals surface area (Å²) in [5.74, 6) is 1.58. The Labute approximate surface area is 121 Å². The molecule has 0 radical (unpaired) electrons. The molecule has 2 aromatic heterocycles. The summed E-state index contributed by atoms with van der Waals surface area (Å²) in [4.78, 5) is 24.9. The van der Waals surface area contributed by atoms with Crippen LogP contribution >= 0.6 is 0 Å². The summed E-state index contributed by atoms with van der Waals surface area (Å²) in [7, 11) is 0. The van der Waals surface area contributed by atoms with Gasteiger partial charge in [-0.05, 0) is 19.8 Å². The fraction of sp³-hybridized carbons (Fsp3) is 0.538. The number of ether oxygens (including phenoxy) is 1. The topological polar surface area (TPSA) is 97.1 Å². The first kappa shape index (κ1) is 13.6. The molecule has 3 rings (SSSR count). The summed E-state index contributed by atoms with van der Waals surface area (Å²) in [5.41, 5.74) is 0. The Bertz CT molecular complexity index is 595. The van der Waals surface area contributed by atoms with Crippen molar-refractivity contribution in [3.8, 4) is 11.6 Å². The Morgan fingerprint density at radius 2 is 2.52 bits per heavy atom. The van der Waals surface area contributed by atoms with Crippen LogP contribution in [-0.4, -0.2) is 50.8 Å². The molecule has 21 heavy (non-hydrogen) atoms. The van der Waals surface area contributed by atoms with E-state index in [9.17, 15) is 4.79 Å². The maximum absolute atomic E-state index is 11.8. The molecule has 112 valence electrons. The largest absolute Gasteiger partial charge is 0.450 e. The van der Waals surface area contributed by atoms with Gasteiger partial charge in [0.15, 0.2) is 5.82 Å². The van der Waals surface area contributed by atoms with Crippen molar-refractivity contribution in [3.63, 3.8) is 0 Å². The van der Waals surface area contributed by atoms with Crippen molar-refractivity contribution in [1.29, 1.82) is 0 Å². The average Bonchev–Trinajstić information content (AvgIpc) is 3.18. The van der Waals surface area contributed by atoms with Crippen molar-refractivity contribution in [2.24, 2.45) is 0 Å². The summed E-state index contributed by atoms with van der Waals surface area (Å²) in [6.45, 7) is 3.42. The fourth-order valence-corrected chi connectivity index (χ4v) is 2.44. The second-order valence-corrected chi connectivity index (χ2v) is 4.88. The van der Waals surface area contributed by atoms with Crippen LogP contribution in [0.5, 0.6) is 0 Å². The van der Waals surface area contributed by atoms with Gasteiger partial charge in [-0.3, -0.25) is 0 Å². The van der Waals surface area contributed by atoms with E-state index in [1.165, 1.54) is 0 Å². The smallest absolute Gasteiger partial charge is 0.409 e. The van der Waals surface area contributed by atoms with Crippen LogP contribution in [0.4, 0.5) is 4.79 Å². The zero-order valence-corrected chi connectivity index (χ0v) is 11.8. The lowest BCUT2D eigenvalue weighted by atomic mass is 9.98. The summed E-state index contributed by atoms with van der Waals surface area (Å²) in [6.07, 6.45) is 4.86. The predicted molar refractivity (Wildman–Crippen MR) is 72.4 cm³/mol. The molecule has 2 aromatic rings. The maximum Gasteiger partial charge on any atom is 0.409 e. The minimum atomic E-state index is -0.284. The Morgan fingerprint density at radius 3 is 3.29 bits per heavy atom. The third-order valence-corrected chi connectivity index (χ3v) is 3.45. The second-order valence-electron chi connectivity index (χ2n) is 4.88. The fourth-order valence-electron chi connectivity index (χ4n) is 2.44. The van der Waals surface area contributed by atoms with E-state index in [4.69, 9.17) is 9.26 Å². The van der Waals surface area contributed by atoms with E-state index < -0.39 is 0 Å². The number of carbonyl (C=O) groups is 1. The third kappa shape index (κ3) is 2.88. The summed E-state index contributed by atoms with van der Waals surface area (Å²) >= 11 is 0. The van der Waals surface area contributed by atoms with Gasteiger partial charge in [-0.1, -0.05) is 5.16 Å².